The maximum absolute atomic E-state index is 13.1. The summed E-state index contributed by atoms with van der Waals surface area (Å²) in [5, 5.41) is 0. The van der Waals surface area contributed by atoms with Crippen LogP contribution in [0.15, 0.2) is 42.5 Å². The van der Waals surface area contributed by atoms with Crippen molar-refractivity contribution in [3.05, 3.63) is 59.4 Å². The third-order valence-electron chi connectivity index (χ3n) is 2.59. The van der Waals surface area contributed by atoms with Gasteiger partial charge in [-0.2, -0.15) is 0 Å². The fourth-order valence-electron chi connectivity index (χ4n) is 1.72. The van der Waals surface area contributed by atoms with Gasteiger partial charge in [0.2, 0.25) is 0 Å². The fourth-order valence-corrected chi connectivity index (χ4v) is 1.72. The molecule has 0 amide bonds. The highest BCUT2D eigenvalue weighted by Gasteiger charge is 2.31. The molecule has 2 N–H and O–H groups in total. The number of rotatable bonds is 3. The van der Waals surface area contributed by atoms with Crippen molar-refractivity contribution < 1.29 is 27.1 Å². The van der Waals surface area contributed by atoms with Gasteiger partial charge >= 0.3 is 6.36 Å². The lowest BCUT2D eigenvalue weighted by Crippen LogP contribution is -2.17. The number of nitrogen functional groups attached to an aromatic ring is 1. The summed E-state index contributed by atoms with van der Waals surface area (Å²) >= 11 is 0. The van der Waals surface area contributed by atoms with Gasteiger partial charge in [-0.15, -0.1) is 13.2 Å². The van der Waals surface area contributed by atoms with E-state index in [1.165, 1.54) is 18.2 Å². The Kier molecular flexibility index (Phi) is 3.84. The summed E-state index contributed by atoms with van der Waals surface area (Å²) in [6, 6.07) is 7.70. The molecule has 7 heteroatoms. The highest BCUT2D eigenvalue weighted by Crippen LogP contribution is 2.25. The highest BCUT2D eigenvalue weighted by molar-refractivity contribution is 6.12. The largest absolute Gasteiger partial charge is 0.573 e. The second kappa shape index (κ2) is 5.43. The molecular weight excluding hydrogens is 290 g/mol. The second-order valence-electron chi connectivity index (χ2n) is 4.14. The summed E-state index contributed by atoms with van der Waals surface area (Å²) in [5.41, 5.74) is 5.39. The molecule has 21 heavy (non-hydrogen) atoms. The van der Waals surface area contributed by atoms with Crippen molar-refractivity contribution in [3.8, 4) is 5.75 Å². The monoisotopic (exact) mass is 299 g/mol. The Bertz CT molecular complexity index is 683. The van der Waals surface area contributed by atoms with Crippen LogP contribution < -0.4 is 10.5 Å². The molecule has 110 valence electrons. The Hall–Kier alpha value is -2.57. The lowest BCUT2D eigenvalue weighted by Gasteiger charge is -2.10. The van der Waals surface area contributed by atoms with Crippen LogP contribution in [0.25, 0.3) is 0 Å². The number of anilines is 1. The van der Waals surface area contributed by atoms with Crippen molar-refractivity contribution >= 4 is 11.5 Å². The number of alkyl halides is 3. The molecule has 2 aromatic carbocycles. The van der Waals surface area contributed by atoms with Crippen LogP contribution in [-0.2, 0) is 0 Å². The van der Waals surface area contributed by atoms with E-state index in [-0.39, 0.29) is 16.8 Å². The molecule has 0 aromatic heterocycles. The molecule has 0 saturated carbocycles. The average Bonchev–Trinajstić information content (AvgIpc) is 2.39. The van der Waals surface area contributed by atoms with E-state index >= 15 is 0 Å². The predicted octanol–water partition coefficient (Wildman–Crippen LogP) is 3.54. The molecule has 0 saturated heterocycles. The number of benzene rings is 2. The molecule has 0 fully saturated rings. The number of ketones is 1. The van der Waals surface area contributed by atoms with Gasteiger partial charge in [0, 0.05) is 16.8 Å². The topological polar surface area (TPSA) is 52.3 Å². The van der Waals surface area contributed by atoms with Gasteiger partial charge in [-0.05, 0) is 30.3 Å². The Labute approximate surface area is 116 Å². The van der Waals surface area contributed by atoms with E-state index < -0.39 is 23.7 Å². The molecule has 0 bridgehead atoms. The van der Waals surface area contributed by atoms with Crippen molar-refractivity contribution in [3.63, 3.8) is 0 Å². The number of carbonyl (C=O) groups is 1. The van der Waals surface area contributed by atoms with Crippen LogP contribution in [0, 0.1) is 5.82 Å². The minimum Gasteiger partial charge on any atom is -0.406 e. The quantitative estimate of drug-likeness (QED) is 0.536. The Balaban J connectivity index is 2.35. The smallest absolute Gasteiger partial charge is 0.406 e. The van der Waals surface area contributed by atoms with Gasteiger partial charge in [0.25, 0.3) is 0 Å². The van der Waals surface area contributed by atoms with Gasteiger partial charge in [-0.25, -0.2) is 4.39 Å². The van der Waals surface area contributed by atoms with E-state index in [4.69, 9.17) is 5.73 Å². The van der Waals surface area contributed by atoms with Gasteiger partial charge in [0.1, 0.15) is 11.6 Å². The van der Waals surface area contributed by atoms with Crippen LogP contribution in [0.2, 0.25) is 0 Å². The first-order valence-corrected chi connectivity index (χ1v) is 5.72. The molecule has 0 atom stereocenters. The van der Waals surface area contributed by atoms with Crippen LogP contribution in [0.3, 0.4) is 0 Å². The third kappa shape index (κ3) is 3.71. The van der Waals surface area contributed by atoms with E-state index in [9.17, 15) is 22.4 Å². The lowest BCUT2D eigenvalue weighted by molar-refractivity contribution is -0.274. The second-order valence-corrected chi connectivity index (χ2v) is 4.14. The molecule has 0 heterocycles. The molecular formula is C14H9F4NO2. The SMILES string of the molecule is Nc1ccc(F)cc1C(=O)c1cccc(OC(F)(F)F)c1. The van der Waals surface area contributed by atoms with Crippen molar-refractivity contribution in [1.82, 2.24) is 0 Å². The van der Waals surface area contributed by atoms with Gasteiger partial charge in [0.05, 0.1) is 0 Å². The van der Waals surface area contributed by atoms with E-state index in [2.05, 4.69) is 4.74 Å². The van der Waals surface area contributed by atoms with Crippen molar-refractivity contribution in [2.75, 3.05) is 5.73 Å². The van der Waals surface area contributed by atoms with Crippen LogP contribution in [0.1, 0.15) is 15.9 Å². The highest BCUT2D eigenvalue weighted by atomic mass is 19.4. The number of hydrogen-bond acceptors (Lipinski definition) is 3. The summed E-state index contributed by atoms with van der Waals surface area (Å²) in [4.78, 5) is 12.2. The minimum absolute atomic E-state index is 0.0311. The Morgan fingerprint density at radius 2 is 1.81 bits per heavy atom. The summed E-state index contributed by atoms with van der Waals surface area (Å²) < 4.78 is 53.3. The Morgan fingerprint density at radius 3 is 2.48 bits per heavy atom. The molecule has 2 rings (SSSR count). The maximum Gasteiger partial charge on any atom is 0.573 e. The number of hydrogen-bond donors (Lipinski definition) is 1. The van der Waals surface area contributed by atoms with Crippen molar-refractivity contribution in [1.29, 1.82) is 0 Å². The first-order chi connectivity index (χ1) is 9.76. The average molecular weight is 299 g/mol. The first-order valence-electron chi connectivity index (χ1n) is 5.72. The third-order valence-corrected chi connectivity index (χ3v) is 2.59. The molecule has 0 radical (unpaired) electrons. The molecule has 2 aromatic rings. The molecule has 0 aliphatic heterocycles. The van der Waals surface area contributed by atoms with Gasteiger partial charge in [-0.1, -0.05) is 12.1 Å². The zero-order chi connectivity index (χ0) is 15.6. The van der Waals surface area contributed by atoms with Crippen molar-refractivity contribution in [2.24, 2.45) is 0 Å². The standard InChI is InChI=1S/C14H9F4NO2/c15-9-4-5-12(19)11(7-9)13(20)8-2-1-3-10(6-8)21-14(16,17)18/h1-7H,19H2. The van der Waals surface area contributed by atoms with Gasteiger partial charge in [0.15, 0.2) is 5.78 Å². The normalized spacial score (nSPS) is 11.2. The summed E-state index contributed by atoms with van der Waals surface area (Å²) in [6.07, 6.45) is -4.86. The van der Waals surface area contributed by atoms with Crippen LogP contribution in [0.5, 0.6) is 5.75 Å². The number of nitrogens with two attached hydrogens (primary N) is 1. The van der Waals surface area contributed by atoms with Crippen LogP contribution in [-0.4, -0.2) is 12.1 Å². The van der Waals surface area contributed by atoms with E-state index in [0.29, 0.717) is 0 Å². The zero-order valence-corrected chi connectivity index (χ0v) is 10.4. The van der Waals surface area contributed by atoms with E-state index in [0.717, 1.165) is 24.3 Å². The van der Waals surface area contributed by atoms with Gasteiger partial charge in [-0.3, -0.25) is 4.79 Å². The van der Waals surface area contributed by atoms with E-state index in [1.807, 2.05) is 0 Å². The molecule has 3 nitrogen and oxygen atoms in total. The number of halogens is 4. The minimum atomic E-state index is -4.86. The molecule has 0 spiro atoms. The van der Waals surface area contributed by atoms with Crippen LogP contribution >= 0.6 is 0 Å². The summed E-state index contributed by atoms with van der Waals surface area (Å²) in [7, 11) is 0. The molecule has 0 unspecified atom stereocenters. The maximum atomic E-state index is 13.1. The van der Waals surface area contributed by atoms with Crippen molar-refractivity contribution in [2.45, 2.75) is 6.36 Å². The van der Waals surface area contributed by atoms with Gasteiger partial charge < -0.3 is 10.5 Å². The number of ether oxygens (including phenoxy) is 1. The first kappa shape index (κ1) is 14.8. The predicted molar refractivity (Wildman–Crippen MR) is 67.4 cm³/mol. The van der Waals surface area contributed by atoms with E-state index in [1.54, 1.807) is 0 Å². The van der Waals surface area contributed by atoms with Crippen LogP contribution in [0.4, 0.5) is 23.2 Å². The molecule has 0 aliphatic rings. The number of carbonyl (C=O) groups excluding carboxylic acids is 1. The zero-order valence-electron chi connectivity index (χ0n) is 10.4. The summed E-state index contributed by atoms with van der Waals surface area (Å²) in [6.45, 7) is 0. The fraction of sp³-hybridized carbons (Fsp3) is 0.0714. The Morgan fingerprint density at radius 1 is 1.10 bits per heavy atom. The molecule has 0 aliphatic carbocycles. The lowest BCUT2D eigenvalue weighted by atomic mass is 10.0. The summed E-state index contributed by atoms with van der Waals surface area (Å²) in [5.74, 6) is -1.90.